The maximum atomic E-state index is 10.7. The van der Waals surface area contributed by atoms with Crippen LogP contribution in [-0.2, 0) is 0 Å². The molecule has 1 aromatic heterocycles. The van der Waals surface area contributed by atoms with E-state index in [0.717, 1.165) is 0 Å². The van der Waals surface area contributed by atoms with E-state index in [1.165, 1.54) is 37.7 Å². The summed E-state index contributed by atoms with van der Waals surface area (Å²) in [6.07, 6.45) is 3.01. The average Bonchev–Trinajstić information content (AvgIpc) is 2.39. The van der Waals surface area contributed by atoms with Crippen molar-refractivity contribution in [2.24, 2.45) is 0 Å². The highest BCUT2D eigenvalue weighted by molar-refractivity contribution is 5.49. The van der Waals surface area contributed by atoms with E-state index in [9.17, 15) is 10.1 Å². The standard InChI is InChI=1S/C11H9N3O4/c1-17-9-4-3-8(14(15)16)7-10(9)18-11-12-5-2-6-13-11/h2-7H,1H3. The summed E-state index contributed by atoms with van der Waals surface area (Å²) in [4.78, 5) is 17.9. The van der Waals surface area contributed by atoms with Gasteiger partial charge in [-0.1, -0.05) is 0 Å². The molecule has 0 radical (unpaired) electrons. The lowest BCUT2D eigenvalue weighted by Crippen LogP contribution is -1.95. The van der Waals surface area contributed by atoms with E-state index in [-0.39, 0.29) is 17.4 Å². The number of rotatable bonds is 4. The highest BCUT2D eigenvalue weighted by Gasteiger charge is 2.13. The Morgan fingerprint density at radius 1 is 1.22 bits per heavy atom. The van der Waals surface area contributed by atoms with E-state index in [2.05, 4.69) is 9.97 Å². The van der Waals surface area contributed by atoms with Gasteiger partial charge in [-0.2, -0.15) is 0 Å². The molecule has 0 saturated carbocycles. The van der Waals surface area contributed by atoms with Gasteiger partial charge in [0.05, 0.1) is 18.1 Å². The molecule has 0 fully saturated rings. The van der Waals surface area contributed by atoms with Crippen molar-refractivity contribution in [2.75, 3.05) is 7.11 Å². The lowest BCUT2D eigenvalue weighted by molar-refractivity contribution is -0.384. The number of nitro groups is 1. The summed E-state index contributed by atoms with van der Waals surface area (Å²) in [7, 11) is 1.44. The van der Waals surface area contributed by atoms with Crippen LogP contribution >= 0.6 is 0 Å². The number of benzene rings is 1. The van der Waals surface area contributed by atoms with E-state index >= 15 is 0 Å². The van der Waals surface area contributed by atoms with Gasteiger partial charge in [-0.15, -0.1) is 0 Å². The predicted octanol–water partition coefficient (Wildman–Crippen LogP) is 2.19. The Morgan fingerprint density at radius 3 is 2.56 bits per heavy atom. The molecule has 1 heterocycles. The highest BCUT2D eigenvalue weighted by atomic mass is 16.6. The fourth-order valence-corrected chi connectivity index (χ4v) is 1.30. The lowest BCUT2D eigenvalue weighted by Gasteiger charge is -2.07. The Labute approximate surface area is 102 Å². The molecule has 2 rings (SSSR count). The number of hydrogen-bond acceptors (Lipinski definition) is 6. The van der Waals surface area contributed by atoms with Crippen LogP contribution in [0, 0.1) is 10.1 Å². The van der Waals surface area contributed by atoms with Crippen molar-refractivity contribution in [3.8, 4) is 17.5 Å². The van der Waals surface area contributed by atoms with Gasteiger partial charge in [-0.25, -0.2) is 9.97 Å². The molecule has 0 unspecified atom stereocenters. The largest absolute Gasteiger partial charge is 0.493 e. The summed E-state index contributed by atoms with van der Waals surface area (Å²) in [6, 6.07) is 5.78. The number of nitrogens with zero attached hydrogens (tertiary/aromatic N) is 3. The van der Waals surface area contributed by atoms with Crippen LogP contribution in [0.3, 0.4) is 0 Å². The highest BCUT2D eigenvalue weighted by Crippen LogP contribution is 2.33. The van der Waals surface area contributed by atoms with Gasteiger partial charge >= 0.3 is 6.01 Å². The summed E-state index contributed by atoms with van der Waals surface area (Å²) >= 11 is 0. The molecule has 0 bridgehead atoms. The SMILES string of the molecule is COc1ccc([N+](=O)[O-])cc1Oc1ncccn1. The zero-order chi connectivity index (χ0) is 13.0. The summed E-state index contributed by atoms with van der Waals surface area (Å²) < 4.78 is 10.4. The van der Waals surface area contributed by atoms with Crippen molar-refractivity contribution in [3.05, 3.63) is 46.8 Å². The van der Waals surface area contributed by atoms with Crippen LogP contribution in [0.5, 0.6) is 17.5 Å². The second-order valence-corrected chi connectivity index (χ2v) is 3.23. The molecule has 0 aliphatic rings. The van der Waals surface area contributed by atoms with Crippen molar-refractivity contribution in [1.29, 1.82) is 0 Å². The Hall–Kier alpha value is -2.70. The average molecular weight is 247 g/mol. The molecule has 0 spiro atoms. The first-order valence-electron chi connectivity index (χ1n) is 4.98. The number of non-ortho nitro benzene ring substituents is 1. The van der Waals surface area contributed by atoms with E-state index in [1.54, 1.807) is 6.07 Å². The zero-order valence-electron chi connectivity index (χ0n) is 9.44. The monoisotopic (exact) mass is 247 g/mol. The lowest BCUT2D eigenvalue weighted by atomic mass is 10.3. The second-order valence-electron chi connectivity index (χ2n) is 3.23. The van der Waals surface area contributed by atoms with Crippen LogP contribution in [0.25, 0.3) is 0 Å². The molecule has 0 aliphatic heterocycles. The van der Waals surface area contributed by atoms with E-state index in [1.807, 2.05) is 0 Å². The topological polar surface area (TPSA) is 87.4 Å². The van der Waals surface area contributed by atoms with Crippen molar-refractivity contribution >= 4 is 5.69 Å². The van der Waals surface area contributed by atoms with Crippen molar-refractivity contribution in [1.82, 2.24) is 9.97 Å². The van der Waals surface area contributed by atoms with Gasteiger partial charge in [0.15, 0.2) is 11.5 Å². The molecule has 18 heavy (non-hydrogen) atoms. The van der Waals surface area contributed by atoms with Crippen molar-refractivity contribution in [2.45, 2.75) is 0 Å². The van der Waals surface area contributed by atoms with Gasteiger partial charge in [0, 0.05) is 18.5 Å². The Bertz CT molecular complexity index is 559. The molecule has 2 aromatic rings. The van der Waals surface area contributed by atoms with Crippen molar-refractivity contribution < 1.29 is 14.4 Å². The van der Waals surface area contributed by atoms with E-state index in [0.29, 0.717) is 5.75 Å². The van der Waals surface area contributed by atoms with Crippen molar-refractivity contribution in [3.63, 3.8) is 0 Å². The number of aromatic nitrogens is 2. The Kier molecular flexibility index (Phi) is 3.33. The summed E-state index contributed by atoms with van der Waals surface area (Å²) in [5.41, 5.74) is -0.0956. The predicted molar refractivity (Wildman–Crippen MR) is 61.8 cm³/mol. The molecule has 92 valence electrons. The number of methoxy groups -OCH3 is 1. The molecule has 7 heteroatoms. The van der Waals surface area contributed by atoms with Gasteiger partial charge in [0.1, 0.15) is 0 Å². The first kappa shape index (κ1) is 11.8. The van der Waals surface area contributed by atoms with Crippen LogP contribution in [0.1, 0.15) is 0 Å². The number of ether oxygens (including phenoxy) is 2. The maximum Gasteiger partial charge on any atom is 0.321 e. The molecule has 7 nitrogen and oxygen atoms in total. The summed E-state index contributed by atoms with van der Waals surface area (Å²) in [5, 5.41) is 10.7. The molecular weight excluding hydrogens is 238 g/mol. The third-order valence-corrected chi connectivity index (χ3v) is 2.10. The maximum absolute atomic E-state index is 10.7. The first-order valence-corrected chi connectivity index (χ1v) is 4.98. The minimum absolute atomic E-state index is 0.0938. The second kappa shape index (κ2) is 5.09. The number of hydrogen-bond donors (Lipinski definition) is 0. The Morgan fingerprint density at radius 2 is 1.94 bits per heavy atom. The van der Waals surface area contributed by atoms with Crippen LogP contribution in [-0.4, -0.2) is 22.0 Å². The molecule has 0 N–H and O–H groups in total. The van der Waals surface area contributed by atoms with E-state index < -0.39 is 4.92 Å². The molecule has 0 aliphatic carbocycles. The fourth-order valence-electron chi connectivity index (χ4n) is 1.30. The van der Waals surface area contributed by atoms with Crippen LogP contribution in [0.4, 0.5) is 5.69 Å². The Balaban J connectivity index is 2.35. The van der Waals surface area contributed by atoms with Gasteiger partial charge in [-0.3, -0.25) is 10.1 Å². The van der Waals surface area contributed by atoms with Gasteiger partial charge in [0.2, 0.25) is 0 Å². The molecule has 0 atom stereocenters. The zero-order valence-corrected chi connectivity index (χ0v) is 9.44. The van der Waals surface area contributed by atoms with Crippen LogP contribution in [0.2, 0.25) is 0 Å². The molecule has 0 amide bonds. The first-order chi connectivity index (χ1) is 8.70. The van der Waals surface area contributed by atoms with Gasteiger partial charge in [0.25, 0.3) is 5.69 Å². The minimum atomic E-state index is -0.516. The normalized spacial score (nSPS) is 9.83. The summed E-state index contributed by atoms with van der Waals surface area (Å²) in [6.45, 7) is 0. The fraction of sp³-hybridized carbons (Fsp3) is 0.0909. The minimum Gasteiger partial charge on any atom is -0.493 e. The van der Waals surface area contributed by atoms with Gasteiger partial charge in [-0.05, 0) is 12.1 Å². The third kappa shape index (κ3) is 2.51. The molecule has 1 aromatic carbocycles. The smallest absolute Gasteiger partial charge is 0.321 e. The van der Waals surface area contributed by atoms with Crippen LogP contribution in [0.15, 0.2) is 36.7 Å². The summed E-state index contributed by atoms with van der Waals surface area (Å²) in [5.74, 6) is 0.561. The quantitative estimate of drug-likeness (QED) is 0.607. The van der Waals surface area contributed by atoms with E-state index in [4.69, 9.17) is 9.47 Å². The van der Waals surface area contributed by atoms with Gasteiger partial charge < -0.3 is 9.47 Å². The number of nitro benzene ring substituents is 1. The van der Waals surface area contributed by atoms with Crippen LogP contribution < -0.4 is 9.47 Å². The molecule has 0 saturated heterocycles. The molecular formula is C11H9N3O4. The third-order valence-electron chi connectivity index (χ3n) is 2.10.